The van der Waals surface area contributed by atoms with Crippen molar-refractivity contribution in [2.24, 2.45) is 5.92 Å². The highest BCUT2D eigenvalue weighted by Crippen LogP contribution is 2.31. The summed E-state index contributed by atoms with van der Waals surface area (Å²) in [6.07, 6.45) is 5.35. The molecule has 3 rings (SSSR count). The second kappa shape index (κ2) is 4.44. The summed E-state index contributed by atoms with van der Waals surface area (Å²) < 4.78 is 0. The van der Waals surface area contributed by atoms with Crippen LogP contribution in [0, 0.1) is 5.92 Å². The van der Waals surface area contributed by atoms with E-state index in [-0.39, 0.29) is 5.91 Å². The number of nitrogens with one attached hydrogen (secondary N) is 2. The van der Waals surface area contributed by atoms with Crippen molar-refractivity contribution in [3.63, 3.8) is 0 Å². The van der Waals surface area contributed by atoms with E-state index in [9.17, 15) is 4.79 Å². The molecule has 2 heterocycles. The van der Waals surface area contributed by atoms with Gasteiger partial charge in [0.2, 0.25) is 0 Å². The van der Waals surface area contributed by atoms with Crippen molar-refractivity contribution in [2.75, 3.05) is 19.6 Å². The van der Waals surface area contributed by atoms with E-state index in [1.807, 2.05) is 0 Å². The van der Waals surface area contributed by atoms with Gasteiger partial charge in [-0.3, -0.25) is 4.79 Å². The van der Waals surface area contributed by atoms with Gasteiger partial charge in [0, 0.05) is 19.1 Å². The predicted octanol–water partition coefficient (Wildman–Crippen LogP) is 0.0188. The zero-order valence-corrected chi connectivity index (χ0v) is 9.72. The Morgan fingerprint density at radius 3 is 3.12 bits per heavy atom. The van der Waals surface area contributed by atoms with Crippen LogP contribution in [0.15, 0.2) is 6.20 Å². The van der Waals surface area contributed by atoms with Gasteiger partial charge in [-0.15, -0.1) is 0 Å². The molecule has 92 valence electrons. The number of carbonyl (C=O) groups is 1. The zero-order valence-electron chi connectivity index (χ0n) is 9.72. The number of amides is 1. The lowest BCUT2D eigenvalue weighted by atomic mass is 10.1. The van der Waals surface area contributed by atoms with E-state index in [0.29, 0.717) is 11.6 Å². The smallest absolute Gasteiger partial charge is 0.273 e. The van der Waals surface area contributed by atoms with Crippen LogP contribution < -0.4 is 5.32 Å². The monoisotopic (exact) mass is 235 g/mol. The molecule has 1 aromatic rings. The predicted molar refractivity (Wildman–Crippen MR) is 61.4 cm³/mol. The van der Waals surface area contributed by atoms with E-state index >= 15 is 0 Å². The third kappa shape index (κ3) is 2.46. The molecule has 1 atom stereocenters. The summed E-state index contributed by atoms with van der Waals surface area (Å²) in [5, 5.41) is 12.7. The van der Waals surface area contributed by atoms with Crippen molar-refractivity contribution in [2.45, 2.75) is 25.3 Å². The number of nitrogens with zero attached hydrogens (tertiary/aromatic N) is 3. The fraction of sp³-hybridized carbons (Fsp3) is 0.727. The average Bonchev–Trinajstić information content (AvgIpc) is 2.88. The maximum atomic E-state index is 11.6. The van der Waals surface area contributed by atoms with Crippen LogP contribution in [-0.2, 0) is 0 Å². The second-order valence-electron chi connectivity index (χ2n) is 4.95. The van der Waals surface area contributed by atoms with Crippen LogP contribution in [0.4, 0.5) is 0 Å². The molecule has 2 N–H and O–H groups in total. The molecule has 2 aliphatic rings. The highest BCUT2D eigenvalue weighted by atomic mass is 16.1. The number of hydrogen-bond acceptors (Lipinski definition) is 4. The minimum absolute atomic E-state index is 0.136. The summed E-state index contributed by atoms with van der Waals surface area (Å²) in [5.41, 5.74) is 0.363. The van der Waals surface area contributed by atoms with Crippen molar-refractivity contribution >= 4 is 5.91 Å². The molecule has 6 heteroatoms. The van der Waals surface area contributed by atoms with Gasteiger partial charge >= 0.3 is 0 Å². The molecule has 0 spiro atoms. The minimum Gasteiger partial charge on any atom is -0.350 e. The standard InChI is InChI=1S/C11H17N5O/c17-11(10-6-13-15-14-10)12-5-8-3-4-16(7-8)9-1-2-9/h6,8-9H,1-5,7H2,(H,12,17)(H,13,14,15). The lowest BCUT2D eigenvalue weighted by Crippen LogP contribution is -2.31. The molecule has 1 unspecified atom stereocenters. The van der Waals surface area contributed by atoms with Gasteiger partial charge in [0.15, 0.2) is 5.69 Å². The number of aromatic nitrogens is 3. The Kier molecular flexibility index (Phi) is 2.80. The first-order valence-electron chi connectivity index (χ1n) is 6.21. The Balaban J connectivity index is 1.44. The van der Waals surface area contributed by atoms with Crippen LogP contribution in [0.1, 0.15) is 29.8 Å². The number of H-pyrrole nitrogens is 1. The quantitative estimate of drug-likeness (QED) is 0.771. The molecule has 1 amide bonds. The van der Waals surface area contributed by atoms with Gasteiger partial charge in [-0.2, -0.15) is 15.4 Å². The van der Waals surface area contributed by atoms with E-state index in [4.69, 9.17) is 0 Å². The first-order chi connectivity index (χ1) is 8.33. The second-order valence-corrected chi connectivity index (χ2v) is 4.95. The highest BCUT2D eigenvalue weighted by molar-refractivity contribution is 5.91. The third-order valence-electron chi connectivity index (χ3n) is 3.58. The minimum atomic E-state index is -0.136. The van der Waals surface area contributed by atoms with Gasteiger partial charge in [0.05, 0.1) is 6.20 Å². The van der Waals surface area contributed by atoms with E-state index in [1.165, 1.54) is 32.0 Å². The van der Waals surface area contributed by atoms with E-state index < -0.39 is 0 Å². The van der Waals surface area contributed by atoms with Crippen LogP contribution in [-0.4, -0.2) is 51.9 Å². The lowest BCUT2D eigenvalue weighted by Gasteiger charge is -2.14. The Morgan fingerprint density at radius 2 is 2.41 bits per heavy atom. The first kappa shape index (κ1) is 10.7. The van der Waals surface area contributed by atoms with Crippen molar-refractivity contribution < 1.29 is 4.79 Å². The first-order valence-corrected chi connectivity index (χ1v) is 6.21. The summed E-state index contributed by atoms with van der Waals surface area (Å²) in [7, 11) is 0. The summed E-state index contributed by atoms with van der Waals surface area (Å²) >= 11 is 0. The van der Waals surface area contributed by atoms with Gasteiger partial charge in [-0.1, -0.05) is 0 Å². The van der Waals surface area contributed by atoms with Gasteiger partial charge in [-0.25, -0.2) is 0 Å². The van der Waals surface area contributed by atoms with Crippen LogP contribution in [0.2, 0.25) is 0 Å². The van der Waals surface area contributed by atoms with Crippen LogP contribution in [0.25, 0.3) is 0 Å². The van der Waals surface area contributed by atoms with Crippen molar-refractivity contribution in [3.8, 4) is 0 Å². The largest absolute Gasteiger partial charge is 0.350 e. The topological polar surface area (TPSA) is 73.9 Å². The maximum Gasteiger partial charge on any atom is 0.273 e. The Bertz CT molecular complexity index is 387. The Labute approximate surface area is 99.8 Å². The number of hydrogen-bond donors (Lipinski definition) is 2. The zero-order chi connectivity index (χ0) is 11.7. The fourth-order valence-corrected chi connectivity index (χ4v) is 2.44. The molecule has 1 aliphatic carbocycles. The molecule has 1 aromatic heterocycles. The molecule has 2 fully saturated rings. The number of likely N-dealkylation sites (tertiary alicyclic amines) is 1. The van der Waals surface area contributed by atoms with Crippen molar-refractivity contribution in [1.82, 2.24) is 25.6 Å². The SMILES string of the molecule is O=C(NCC1CCN(C2CC2)C1)c1cn[nH]n1. The van der Waals surface area contributed by atoms with Gasteiger partial charge in [-0.05, 0) is 31.7 Å². The van der Waals surface area contributed by atoms with Gasteiger partial charge in [0.1, 0.15) is 0 Å². The molecule has 1 aliphatic heterocycles. The summed E-state index contributed by atoms with van der Waals surface area (Å²) in [4.78, 5) is 14.2. The van der Waals surface area contributed by atoms with E-state index in [1.54, 1.807) is 0 Å². The van der Waals surface area contributed by atoms with Crippen LogP contribution >= 0.6 is 0 Å². The maximum absolute atomic E-state index is 11.6. The molecule has 1 saturated carbocycles. The van der Waals surface area contributed by atoms with Crippen molar-refractivity contribution in [3.05, 3.63) is 11.9 Å². The molecule has 0 radical (unpaired) electrons. The number of aromatic amines is 1. The summed E-state index contributed by atoms with van der Waals surface area (Å²) in [6, 6.07) is 0.839. The van der Waals surface area contributed by atoms with Crippen LogP contribution in [0.5, 0.6) is 0 Å². The molecule has 0 bridgehead atoms. The van der Waals surface area contributed by atoms with Crippen molar-refractivity contribution in [1.29, 1.82) is 0 Å². The Morgan fingerprint density at radius 1 is 1.53 bits per heavy atom. The molecule has 1 saturated heterocycles. The Hall–Kier alpha value is -1.43. The fourth-order valence-electron chi connectivity index (χ4n) is 2.44. The number of carbonyl (C=O) groups excluding carboxylic acids is 1. The molecular weight excluding hydrogens is 218 g/mol. The van der Waals surface area contributed by atoms with Crippen LogP contribution in [0.3, 0.4) is 0 Å². The number of rotatable bonds is 4. The van der Waals surface area contributed by atoms with E-state index in [2.05, 4.69) is 25.6 Å². The molecule has 17 heavy (non-hydrogen) atoms. The molecule has 0 aromatic carbocycles. The normalized spacial score (nSPS) is 25.1. The highest BCUT2D eigenvalue weighted by Gasteiger charge is 2.34. The van der Waals surface area contributed by atoms with E-state index in [0.717, 1.165) is 19.1 Å². The summed E-state index contributed by atoms with van der Waals surface area (Å²) in [5.74, 6) is 0.454. The molecule has 6 nitrogen and oxygen atoms in total. The van der Waals surface area contributed by atoms with Gasteiger partial charge in [0.25, 0.3) is 5.91 Å². The van der Waals surface area contributed by atoms with Gasteiger partial charge < -0.3 is 10.2 Å². The lowest BCUT2D eigenvalue weighted by molar-refractivity contribution is 0.0942. The summed E-state index contributed by atoms with van der Waals surface area (Å²) in [6.45, 7) is 3.06. The third-order valence-corrected chi connectivity index (χ3v) is 3.58. The molecular formula is C11H17N5O. The average molecular weight is 235 g/mol.